The topological polar surface area (TPSA) is 9.23 Å². The van der Waals surface area contributed by atoms with Gasteiger partial charge < -0.3 is 4.74 Å². The Labute approximate surface area is 156 Å². The Hall–Kier alpha value is -2.78. The van der Waals surface area contributed by atoms with Crippen LogP contribution in [0.15, 0.2) is 83.6 Å². The van der Waals surface area contributed by atoms with E-state index in [4.69, 9.17) is 4.74 Å². The Morgan fingerprint density at radius 2 is 1.88 bits per heavy atom. The summed E-state index contributed by atoms with van der Waals surface area (Å²) in [5.41, 5.74) is 4.29. The molecule has 0 unspecified atom stereocenters. The quantitative estimate of drug-likeness (QED) is 0.407. The summed E-state index contributed by atoms with van der Waals surface area (Å²) in [4.78, 5) is 1.85. The molecule has 0 atom stereocenters. The first kappa shape index (κ1) is 16.7. The third-order valence-corrected chi connectivity index (χ3v) is 5.56. The first-order valence-corrected chi connectivity index (χ1v) is 9.12. The Morgan fingerprint density at radius 1 is 1.04 bits per heavy atom. The zero-order chi connectivity index (χ0) is 18.1. The molecule has 0 amide bonds. The Bertz CT molecular complexity index is 1020. The second-order valence-electron chi connectivity index (χ2n) is 6.06. The standard InChI is InChI=1S/C23H17FOS/c1-3-16-7-6-8-17(13-16)14-25-20-12-11-19(24)22-15(2)18-9-4-5-10-21(18)26-23(20)22/h3-13H,1-2,14H2. The third-order valence-electron chi connectivity index (χ3n) is 4.38. The smallest absolute Gasteiger partial charge is 0.134 e. The average molecular weight is 360 g/mol. The van der Waals surface area contributed by atoms with Gasteiger partial charge in [0.2, 0.25) is 0 Å². The highest BCUT2D eigenvalue weighted by atomic mass is 32.2. The molecule has 0 saturated heterocycles. The summed E-state index contributed by atoms with van der Waals surface area (Å²) in [6.45, 7) is 8.32. The minimum absolute atomic E-state index is 0.270. The van der Waals surface area contributed by atoms with Gasteiger partial charge in [0.15, 0.2) is 0 Å². The number of hydrogen-bond donors (Lipinski definition) is 0. The minimum atomic E-state index is -0.270. The van der Waals surface area contributed by atoms with Crippen LogP contribution in [0.25, 0.3) is 11.6 Å². The summed E-state index contributed by atoms with van der Waals surface area (Å²) in [6.07, 6.45) is 1.81. The molecule has 0 spiro atoms. The lowest BCUT2D eigenvalue weighted by molar-refractivity contribution is 0.298. The molecular formula is C23H17FOS. The van der Waals surface area contributed by atoms with Gasteiger partial charge in [-0.3, -0.25) is 0 Å². The first-order valence-electron chi connectivity index (χ1n) is 8.30. The summed E-state index contributed by atoms with van der Waals surface area (Å²) in [5.74, 6) is 0.402. The lowest BCUT2D eigenvalue weighted by atomic mass is 9.98. The molecule has 3 aromatic rings. The summed E-state index contributed by atoms with van der Waals surface area (Å²) in [7, 11) is 0. The van der Waals surface area contributed by atoms with Gasteiger partial charge in [0.05, 0.1) is 4.90 Å². The van der Waals surface area contributed by atoms with Gasteiger partial charge in [0, 0.05) is 10.5 Å². The molecule has 0 radical (unpaired) electrons. The molecule has 0 aliphatic carbocycles. The molecule has 0 saturated carbocycles. The van der Waals surface area contributed by atoms with Crippen molar-refractivity contribution in [1.29, 1.82) is 0 Å². The molecule has 0 bridgehead atoms. The van der Waals surface area contributed by atoms with Crippen LogP contribution in [0.1, 0.15) is 22.3 Å². The molecule has 3 aromatic carbocycles. The Morgan fingerprint density at radius 3 is 2.73 bits per heavy atom. The second-order valence-corrected chi connectivity index (χ2v) is 7.12. The van der Waals surface area contributed by atoms with Gasteiger partial charge in [-0.1, -0.05) is 67.4 Å². The molecule has 3 heteroatoms. The maximum absolute atomic E-state index is 14.5. The third kappa shape index (κ3) is 2.95. The van der Waals surface area contributed by atoms with E-state index in [2.05, 4.69) is 13.2 Å². The molecule has 128 valence electrons. The van der Waals surface area contributed by atoms with Crippen LogP contribution in [0.3, 0.4) is 0 Å². The van der Waals surface area contributed by atoms with Crippen molar-refractivity contribution in [3.8, 4) is 5.75 Å². The van der Waals surface area contributed by atoms with Crippen molar-refractivity contribution in [2.45, 2.75) is 16.4 Å². The minimum Gasteiger partial charge on any atom is -0.488 e. The SMILES string of the molecule is C=Cc1cccc(COc2ccc(F)c3c2Sc2ccccc2C3=C)c1. The van der Waals surface area contributed by atoms with Crippen LogP contribution in [0, 0.1) is 5.82 Å². The van der Waals surface area contributed by atoms with E-state index >= 15 is 0 Å². The maximum Gasteiger partial charge on any atom is 0.134 e. The molecule has 4 rings (SSSR count). The van der Waals surface area contributed by atoms with Crippen LogP contribution in [0.5, 0.6) is 5.75 Å². The summed E-state index contributed by atoms with van der Waals surface area (Å²) < 4.78 is 20.6. The zero-order valence-corrected chi connectivity index (χ0v) is 15.0. The van der Waals surface area contributed by atoms with E-state index in [-0.39, 0.29) is 5.82 Å². The van der Waals surface area contributed by atoms with Crippen LogP contribution in [0.4, 0.5) is 4.39 Å². The van der Waals surface area contributed by atoms with Crippen LogP contribution >= 0.6 is 11.8 Å². The highest BCUT2D eigenvalue weighted by molar-refractivity contribution is 7.99. The van der Waals surface area contributed by atoms with Gasteiger partial charge in [-0.05, 0) is 46.5 Å². The van der Waals surface area contributed by atoms with Gasteiger partial charge in [0.1, 0.15) is 18.2 Å². The van der Waals surface area contributed by atoms with Gasteiger partial charge in [-0.2, -0.15) is 0 Å². The van der Waals surface area contributed by atoms with Crippen LogP contribution < -0.4 is 4.74 Å². The molecular weight excluding hydrogens is 343 g/mol. The molecule has 1 aliphatic rings. The largest absolute Gasteiger partial charge is 0.488 e. The molecule has 1 heterocycles. The summed E-state index contributed by atoms with van der Waals surface area (Å²) in [5, 5.41) is 0. The molecule has 0 fully saturated rings. The highest BCUT2D eigenvalue weighted by Crippen LogP contribution is 2.49. The predicted octanol–water partition coefficient (Wildman–Crippen LogP) is 6.57. The summed E-state index contributed by atoms with van der Waals surface area (Å²) >= 11 is 1.53. The number of hydrogen-bond acceptors (Lipinski definition) is 2. The van der Waals surface area contributed by atoms with Crippen LogP contribution in [0.2, 0.25) is 0 Å². The second kappa shape index (κ2) is 6.85. The van der Waals surface area contributed by atoms with Crippen LogP contribution in [-0.2, 0) is 6.61 Å². The van der Waals surface area contributed by atoms with E-state index in [0.717, 1.165) is 26.5 Å². The molecule has 0 N–H and O–H groups in total. The predicted molar refractivity (Wildman–Crippen MR) is 106 cm³/mol. The molecule has 26 heavy (non-hydrogen) atoms. The fraction of sp³-hybridized carbons (Fsp3) is 0.0435. The van der Waals surface area contributed by atoms with E-state index in [9.17, 15) is 4.39 Å². The van der Waals surface area contributed by atoms with Crippen molar-refractivity contribution >= 4 is 23.4 Å². The fourth-order valence-corrected chi connectivity index (χ4v) is 4.27. The monoisotopic (exact) mass is 360 g/mol. The van der Waals surface area contributed by atoms with Crippen molar-refractivity contribution < 1.29 is 9.13 Å². The fourth-order valence-electron chi connectivity index (χ4n) is 3.06. The molecule has 1 aliphatic heterocycles. The van der Waals surface area contributed by atoms with E-state index in [1.54, 1.807) is 12.1 Å². The number of fused-ring (bicyclic) bond motifs is 2. The van der Waals surface area contributed by atoms with Crippen LogP contribution in [-0.4, -0.2) is 0 Å². The van der Waals surface area contributed by atoms with Crippen molar-refractivity contribution in [2.24, 2.45) is 0 Å². The zero-order valence-electron chi connectivity index (χ0n) is 14.2. The van der Waals surface area contributed by atoms with E-state index in [0.29, 0.717) is 23.5 Å². The number of benzene rings is 3. The lowest BCUT2D eigenvalue weighted by Gasteiger charge is -2.24. The summed E-state index contributed by atoms with van der Waals surface area (Å²) in [6, 6.07) is 19.1. The maximum atomic E-state index is 14.5. The van der Waals surface area contributed by atoms with E-state index in [1.807, 2.05) is 48.5 Å². The van der Waals surface area contributed by atoms with Crippen molar-refractivity contribution in [2.75, 3.05) is 0 Å². The van der Waals surface area contributed by atoms with Crippen molar-refractivity contribution in [3.63, 3.8) is 0 Å². The number of halogens is 1. The number of rotatable bonds is 4. The van der Waals surface area contributed by atoms with Gasteiger partial charge in [-0.15, -0.1) is 0 Å². The van der Waals surface area contributed by atoms with Crippen molar-refractivity contribution in [3.05, 3.63) is 102 Å². The highest BCUT2D eigenvalue weighted by Gasteiger charge is 2.25. The Kier molecular flexibility index (Phi) is 4.39. The Balaban J connectivity index is 1.68. The van der Waals surface area contributed by atoms with E-state index < -0.39 is 0 Å². The number of ether oxygens (including phenoxy) is 1. The van der Waals surface area contributed by atoms with E-state index in [1.165, 1.54) is 17.8 Å². The average Bonchev–Trinajstić information content (AvgIpc) is 2.67. The van der Waals surface area contributed by atoms with Gasteiger partial charge in [-0.25, -0.2) is 4.39 Å². The molecule has 0 aromatic heterocycles. The van der Waals surface area contributed by atoms with Gasteiger partial charge in [0.25, 0.3) is 0 Å². The lowest BCUT2D eigenvalue weighted by Crippen LogP contribution is -2.04. The normalized spacial score (nSPS) is 12.3. The first-order chi connectivity index (χ1) is 12.7. The van der Waals surface area contributed by atoms with Crippen molar-refractivity contribution in [1.82, 2.24) is 0 Å². The van der Waals surface area contributed by atoms with Gasteiger partial charge >= 0.3 is 0 Å². The molecule has 1 nitrogen and oxygen atoms in total.